The average Bonchev–Trinajstić information content (AvgIpc) is 3.12. The average molecular weight is 396 g/mol. The molecule has 2 N–H and O–H groups in total. The van der Waals surface area contributed by atoms with E-state index in [0.717, 1.165) is 43.8 Å². The maximum atomic E-state index is 12.1. The number of aromatic nitrogens is 4. The summed E-state index contributed by atoms with van der Waals surface area (Å²) in [7, 11) is 2.97. The fourth-order valence-corrected chi connectivity index (χ4v) is 3.61. The Balaban J connectivity index is 1.49. The minimum Gasteiger partial charge on any atom is -0.379 e. The molecule has 1 saturated heterocycles. The van der Waals surface area contributed by atoms with Gasteiger partial charge in [0.2, 0.25) is 5.91 Å². The Morgan fingerprint density at radius 3 is 2.74 bits per heavy atom. The van der Waals surface area contributed by atoms with Gasteiger partial charge >= 0.3 is 5.69 Å². The monoisotopic (exact) mass is 396 g/mol. The lowest BCUT2D eigenvalue weighted by molar-refractivity contribution is -0.118. The molecule has 0 atom stereocenters. The zero-order valence-corrected chi connectivity index (χ0v) is 16.3. The van der Waals surface area contributed by atoms with Gasteiger partial charge in [-0.1, -0.05) is 11.8 Å². The zero-order chi connectivity index (χ0) is 19.4. The maximum Gasteiger partial charge on any atom is 0.332 e. The molecule has 2 aromatic heterocycles. The number of aryl methyl sites for hydroxylation is 1. The van der Waals surface area contributed by atoms with Crippen molar-refractivity contribution >= 4 is 28.8 Å². The lowest BCUT2D eigenvalue weighted by Crippen LogP contribution is -2.38. The number of amides is 1. The van der Waals surface area contributed by atoms with Crippen LogP contribution in [0.4, 0.5) is 0 Å². The third-order valence-corrected chi connectivity index (χ3v) is 5.36. The van der Waals surface area contributed by atoms with Crippen LogP contribution in [0.25, 0.3) is 11.2 Å². The molecule has 3 heterocycles. The molecule has 1 fully saturated rings. The first-order chi connectivity index (χ1) is 13.0. The smallest absolute Gasteiger partial charge is 0.332 e. The van der Waals surface area contributed by atoms with Crippen LogP contribution < -0.4 is 16.6 Å². The van der Waals surface area contributed by atoms with Gasteiger partial charge in [-0.05, 0) is 13.0 Å². The fourth-order valence-electron chi connectivity index (χ4n) is 2.91. The summed E-state index contributed by atoms with van der Waals surface area (Å²) >= 11 is 1.20. The Labute approximate surface area is 159 Å². The van der Waals surface area contributed by atoms with E-state index in [4.69, 9.17) is 4.74 Å². The molecule has 1 amide bonds. The number of nitrogens with one attached hydrogen (secondary N) is 2. The lowest BCUT2D eigenvalue weighted by atomic mass is 10.3. The summed E-state index contributed by atoms with van der Waals surface area (Å²) in [5.74, 6) is 0.0928. The first kappa shape index (κ1) is 19.6. The Hall–Kier alpha value is -2.11. The minimum absolute atomic E-state index is 0.0933. The van der Waals surface area contributed by atoms with Gasteiger partial charge in [0.05, 0.1) is 19.0 Å². The number of hydrogen-bond donors (Lipinski definition) is 2. The van der Waals surface area contributed by atoms with Crippen LogP contribution in [0.15, 0.2) is 14.7 Å². The van der Waals surface area contributed by atoms with Crippen LogP contribution in [0.2, 0.25) is 0 Å². The molecule has 0 spiro atoms. The van der Waals surface area contributed by atoms with Crippen molar-refractivity contribution < 1.29 is 9.53 Å². The van der Waals surface area contributed by atoms with Crippen molar-refractivity contribution in [3.63, 3.8) is 0 Å². The standard InChI is InChI=1S/C16H24N6O4S/c1-20-13-12(14(24)21(2)16(20)25)18-15(19-13)27-10-11(23)17-4-3-5-22-6-8-26-9-7-22/h3-10H2,1-2H3,(H,17,23)(H,18,19). The van der Waals surface area contributed by atoms with E-state index in [-0.39, 0.29) is 22.8 Å². The van der Waals surface area contributed by atoms with E-state index in [1.165, 1.54) is 23.4 Å². The Bertz CT molecular complexity index is 927. The molecule has 1 aliphatic rings. The number of rotatable bonds is 7. The second kappa shape index (κ2) is 8.72. The third kappa shape index (κ3) is 4.60. The number of H-pyrrole nitrogens is 1. The van der Waals surface area contributed by atoms with E-state index >= 15 is 0 Å². The molecule has 148 valence electrons. The van der Waals surface area contributed by atoms with Gasteiger partial charge in [-0.15, -0.1) is 0 Å². The highest BCUT2D eigenvalue weighted by Gasteiger charge is 2.14. The van der Waals surface area contributed by atoms with E-state index in [2.05, 4.69) is 20.2 Å². The van der Waals surface area contributed by atoms with Gasteiger partial charge in [-0.25, -0.2) is 9.78 Å². The van der Waals surface area contributed by atoms with Gasteiger partial charge < -0.3 is 15.0 Å². The molecule has 0 aliphatic carbocycles. The number of nitrogens with zero attached hydrogens (tertiary/aromatic N) is 4. The molecular weight excluding hydrogens is 372 g/mol. The van der Waals surface area contributed by atoms with Crippen LogP contribution in [-0.2, 0) is 23.6 Å². The van der Waals surface area contributed by atoms with Crippen LogP contribution in [0.1, 0.15) is 6.42 Å². The first-order valence-corrected chi connectivity index (χ1v) is 9.81. The van der Waals surface area contributed by atoms with Crippen LogP contribution in [-0.4, -0.2) is 75.1 Å². The van der Waals surface area contributed by atoms with Crippen LogP contribution in [0.3, 0.4) is 0 Å². The predicted molar refractivity (Wildman–Crippen MR) is 102 cm³/mol. The molecule has 1 aliphatic heterocycles. The Morgan fingerprint density at radius 1 is 1.26 bits per heavy atom. The molecule has 0 aromatic carbocycles. The van der Waals surface area contributed by atoms with Gasteiger partial charge in [-0.2, -0.15) is 0 Å². The summed E-state index contributed by atoms with van der Waals surface area (Å²) in [6.07, 6.45) is 0.888. The van der Waals surface area contributed by atoms with E-state index < -0.39 is 11.2 Å². The van der Waals surface area contributed by atoms with Crippen molar-refractivity contribution in [3.05, 3.63) is 20.8 Å². The highest BCUT2D eigenvalue weighted by atomic mass is 32.2. The normalized spacial score (nSPS) is 15.3. The summed E-state index contributed by atoms with van der Waals surface area (Å²) < 4.78 is 7.64. The first-order valence-electron chi connectivity index (χ1n) is 8.82. The Kier molecular flexibility index (Phi) is 6.34. The topological polar surface area (TPSA) is 114 Å². The molecule has 2 aromatic rings. The number of carbonyl (C=O) groups is 1. The van der Waals surface area contributed by atoms with Crippen molar-refractivity contribution in [2.24, 2.45) is 14.1 Å². The number of morpholine rings is 1. The Morgan fingerprint density at radius 2 is 2.00 bits per heavy atom. The highest BCUT2D eigenvalue weighted by Crippen LogP contribution is 2.16. The van der Waals surface area contributed by atoms with Gasteiger partial charge in [0.25, 0.3) is 5.56 Å². The summed E-state index contributed by atoms with van der Waals surface area (Å²) in [6.45, 7) is 4.99. The van der Waals surface area contributed by atoms with Crippen molar-refractivity contribution in [2.45, 2.75) is 11.6 Å². The number of hydrogen-bond acceptors (Lipinski definition) is 7. The largest absolute Gasteiger partial charge is 0.379 e. The lowest BCUT2D eigenvalue weighted by Gasteiger charge is -2.26. The molecule has 0 unspecified atom stereocenters. The molecule has 10 nitrogen and oxygen atoms in total. The zero-order valence-electron chi connectivity index (χ0n) is 15.5. The second-order valence-corrected chi connectivity index (χ2v) is 7.36. The van der Waals surface area contributed by atoms with Crippen molar-refractivity contribution in [1.82, 2.24) is 29.3 Å². The van der Waals surface area contributed by atoms with Gasteiger partial charge in [0.1, 0.15) is 0 Å². The number of thioether (sulfide) groups is 1. The van der Waals surface area contributed by atoms with Gasteiger partial charge in [0.15, 0.2) is 16.3 Å². The van der Waals surface area contributed by atoms with Crippen molar-refractivity contribution in [3.8, 4) is 0 Å². The molecular formula is C16H24N6O4S. The molecule has 3 rings (SSSR count). The molecule has 11 heteroatoms. The van der Waals surface area contributed by atoms with Crippen molar-refractivity contribution in [1.29, 1.82) is 0 Å². The summed E-state index contributed by atoms with van der Waals surface area (Å²) in [6, 6.07) is 0. The predicted octanol–water partition coefficient (Wildman–Crippen LogP) is -1.11. The van der Waals surface area contributed by atoms with Crippen LogP contribution in [0, 0.1) is 0 Å². The molecule has 0 radical (unpaired) electrons. The number of ether oxygens (including phenoxy) is 1. The van der Waals surface area contributed by atoms with Crippen LogP contribution in [0.5, 0.6) is 0 Å². The van der Waals surface area contributed by atoms with Crippen molar-refractivity contribution in [2.75, 3.05) is 45.1 Å². The van der Waals surface area contributed by atoms with Crippen LogP contribution >= 0.6 is 11.8 Å². The molecule has 0 saturated carbocycles. The molecule has 0 bridgehead atoms. The summed E-state index contributed by atoms with van der Waals surface area (Å²) in [5.41, 5.74) is -0.321. The number of imidazole rings is 1. The van der Waals surface area contributed by atoms with Gasteiger partial charge in [-0.3, -0.25) is 23.6 Å². The molecule has 27 heavy (non-hydrogen) atoms. The second-order valence-electron chi connectivity index (χ2n) is 6.39. The van der Waals surface area contributed by atoms with E-state index in [1.807, 2.05) is 0 Å². The summed E-state index contributed by atoms with van der Waals surface area (Å²) in [4.78, 5) is 45.5. The fraction of sp³-hybridized carbons (Fsp3) is 0.625. The summed E-state index contributed by atoms with van der Waals surface area (Å²) in [5, 5.41) is 3.32. The van der Waals surface area contributed by atoms with E-state index in [1.54, 1.807) is 7.05 Å². The third-order valence-electron chi connectivity index (χ3n) is 4.49. The minimum atomic E-state index is -0.437. The number of aromatic amines is 1. The quantitative estimate of drug-likeness (QED) is 0.451. The van der Waals surface area contributed by atoms with E-state index in [9.17, 15) is 14.4 Å². The van der Waals surface area contributed by atoms with E-state index in [0.29, 0.717) is 11.7 Å². The highest BCUT2D eigenvalue weighted by molar-refractivity contribution is 7.99. The number of carbonyl (C=O) groups excluding carboxylic acids is 1. The van der Waals surface area contributed by atoms with Gasteiger partial charge in [0, 0.05) is 33.7 Å². The SMILES string of the molecule is Cn1c(=O)c2[nH]c(SCC(=O)NCCCN3CCOCC3)nc2n(C)c1=O. The number of fused-ring (bicyclic) bond motifs is 1. The maximum absolute atomic E-state index is 12.1.